The number of rotatable bonds is 6. The van der Waals surface area contributed by atoms with Crippen molar-refractivity contribution < 1.29 is 9.53 Å². The van der Waals surface area contributed by atoms with Crippen molar-refractivity contribution in [3.05, 3.63) is 47.3 Å². The monoisotopic (exact) mass is 287 g/mol. The van der Waals surface area contributed by atoms with E-state index in [4.69, 9.17) is 4.74 Å². The van der Waals surface area contributed by atoms with Gasteiger partial charge in [-0.2, -0.15) is 5.10 Å². The zero-order chi connectivity index (χ0) is 15.2. The topological polar surface area (TPSA) is 56.1 Å². The molecule has 1 N–H and O–H groups in total. The molecule has 0 bridgehead atoms. The van der Waals surface area contributed by atoms with E-state index in [1.54, 1.807) is 11.8 Å². The number of carbonyl (C=O) groups excluding carboxylic acids is 1. The van der Waals surface area contributed by atoms with Gasteiger partial charge in [0, 0.05) is 20.3 Å². The van der Waals surface area contributed by atoms with Crippen LogP contribution in [0, 0.1) is 13.8 Å². The molecule has 0 saturated carbocycles. The molecule has 1 aromatic carbocycles. The fraction of sp³-hybridized carbons (Fsp3) is 0.375. The quantitative estimate of drug-likeness (QED) is 0.829. The number of ether oxygens (including phenoxy) is 1. The minimum absolute atomic E-state index is 0.0803. The zero-order valence-electron chi connectivity index (χ0n) is 12.7. The van der Waals surface area contributed by atoms with Crippen LogP contribution in [-0.2, 0) is 4.74 Å². The van der Waals surface area contributed by atoms with Crippen molar-refractivity contribution in [1.82, 2.24) is 15.1 Å². The number of aryl methyl sites for hydroxylation is 1. The minimum atomic E-state index is -0.0803. The van der Waals surface area contributed by atoms with Crippen LogP contribution in [0.3, 0.4) is 0 Å². The maximum atomic E-state index is 12.3. The molecule has 1 aromatic heterocycles. The van der Waals surface area contributed by atoms with Gasteiger partial charge in [0.2, 0.25) is 0 Å². The van der Waals surface area contributed by atoms with E-state index in [0.717, 1.165) is 23.5 Å². The maximum Gasteiger partial charge on any atom is 0.255 e. The number of hydrogen-bond acceptors (Lipinski definition) is 3. The summed E-state index contributed by atoms with van der Waals surface area (Å²) < 4.78 is 6.78. The molecule has 2 rings (SSSR count). The maximum absolute atomic E-state index is 12.3. The molecule has 21 heavy (non-hydrogen) atoms. The van der Waals surface area contributed by atoms with Crippen molar-refractivity contribution in [2.45, 2.75) is 20.3 Å². The highest BCUT2D eigenvalue weighted by molar-refractivity contribution is 5.96. The van der Waals surface area contributed by atoms with Gasteiger partial charge in [0.25, 0.3) is 5.91 Å². The molecule has 112 valence electrons. The van der Waals surface area contributed by atoms with Gasteiger partial charge in [-0.25, -0.2) is 4.68 Å². The van der Waals surface area contributed by atoms with E-state index < -0.39 is 0 Å². The normalized spacial score (nSPS) is 10.6. The van der Waals surface area contributed by atoms with Gasteiger partial charge >= 0.3 is 0 Å². The number of carbonyl (C=O) groups is 1. The Kier molecular flexibility index (Phi) is 5.11. The molecule has 0 radical (unpaired) electrons. The summed E-state index contributed by atoms with van der Waals surface area (Å²) >= 11 is 0. The summed E-state index contributed by atoms with van der Waals surface area (Å²) in [6, 6.07) is 9.81. The van der Waals surface area contributed by atoms with E-state index in [1.807, 2.05) is 44.2 Å². The molecule has 0 atom stereocenters. The second-order valence-electron chi connectivity index (χ2n) is 4.90. The summed E-state index contributed by atoms with van der Waals surface area (Å²) in [6.45, 7) is 5.01. The van der Waals surface area contributed by atoms with Crippen molar-refractivity contribution >= 4 is 5.91 Å². The number of para-hydroxylation sites is 1. The summed E-state index contributed by atoms with van der Waals surface area (Å²) in [7, 11) is 1.65. The van der Waals surface area contributed by atoms with Gasteiger partial charge in [-0.3, -0.25) is 4.79 Å². The molecule has 0 fully saturated rings. The number of aromatic nitrogens is 2. The largest absolute Gasteiger partial charge is 0.385 e. The number of benzene rings is 1. The van der Waals surface area contributed by atoms with Crippen LogP contribution in [0.2, 0.25) is 0 Å². The summed E-state index contributed by atoms with van der Waals surface area (Å²) in [4.78, 5) is 12.3. The van der Waals surface area contributed by atoms with Crippen LogP contribution in [0.5, 0.6) is 0 Å². The molecule has 5 heteroatoms. The Bertz CT molecular complexity index is 605. The van der Waals surface area contributed by atoms with Crippen molar-refractivity contribution in [2.75, 3.05) is 20.3 Å². The molecule has 2 aromatic rings. The summed E-state index contributed by atoms with van der Waals surface area (Å²) in [5, 5.41) is 7.38. The number of hydrogen-bond donors (Lipinski definition) is 1. The van der Waals surface area contributed by atoms with Gasteiger partial charge in [0.1, 0.15) is 0 Å². The fourth-order valence-electron chi connectivity index (χ4n) is 2.30. The molecule has 0 saturated heterocycles. The average Bonchev–Trinajstić information content (AvgIpc) is 2.79. The molecule has 0 aliphatic heterocycles. The Morgan fingerprint density at radius 3 is 2.67 bits per heavy atom. The Morgan fingerprint density at radius 1 is 1.29 bits per heavy atom. The standard InChI is InChI=1S/C16H21N3O2/c1-12-15(16(20)17-10-7-11-21-3)13(2)19(18-12)14-8-5-4-6-9-14/h4-6,8-9H,7,10-11H2,1-3H3,(H,17,20). The van der Waals surface area contributed by atoms with Crippen LogP contribution in [0.25, 0.3) is 5.69 Å². The Balaban J connectivity index is 2.18. The van der Waals surface area contributed by atoms with Crippen LogP contribution < -0.4 is 5.32 Å². The Hall–Kier alpha value is -2.14. The van der Waals surface area contributed by atoms with Crippen molar-refractivity contribution in [3.8, 4) is 5.69 Å². The lowest BCUT2D eigenvalue weighted by molar-refractivity contribution is 0.0947. The van der Waals surface area contributed by atoms with Gasteiger partial charge in [-0.1, -0.05) is 18.2 Å². The van der Waals surface area contributed by atoms with Crippen LogP contribution in [0.4, 0.5) is 0 Å². The second kappa shape index (κ2) is 7.04. The first-order chi connectivity index (χ1) is 10.1. The molecule has 0 aliphatic carbocycles. The number of amides is 1. The van der Waals surface area contributed by atoms with Crippen molar-refractivity contribution in [3.63, 3.8) is 0 Å². The van der Waals surface area contributed by atoms with E-state index in [1.165, 1.54) is 0 Å². The predicted molar refractivity (Wildman–Crippen MR) is 81.9 cm³/mol. The highest BCUT2D eigenvalue weighted by atomic mass is 16.5. The molecular weight excluding hydrogens is 266 g/mol. The molecule has 5 nitrogen and oxygen atoms in total. The summed E-state index contributed by atoms with van der Waals surface area (Å²) in [5.74, 6) is -0.0803. The lowest BCUT2D eigenvalue weighted by atomic mass is 10.2. The third-order valence-corrected chi connectivity index (χ3v) is 3.33. The molecule has 0 unspecified atom stereocenters. The van der Waals surface area contributed by atoms with Crippen LogP contribution in [0.1, 0.15) is 28.2 Å². The fourth-order valence-corrected chi connectivity index (χ4v) is 2.30. The van der Waals surface area contributed by atoms with E-state index in [2.05, 4.69) is 10.4 Å². The molecule has 0 spiro atoms. The Morgan fingerprint density at radius 2 is 2.00 bits per heavy atom. The average molecular weight is 287 g/mol. The minimum Gasteiger partial charge on any atom is -0.385 e. The first-order valence-electron chi connectivity index (χ1n) is 7.04. The van der Waals surface area contributed by atoms with Crippen LogP contribution >= 0.6 is 0 Å². The molecule has 0 aliphatic rings. The number of methoxy groups -OCH3 is 1. The van der Waals surface area contributed by atoms with Gasteiger partial charge in [0.15, 0.2) is 0 Å². The van der Waals surface area contributed by atoms with Crippen molar-refractivity contribution in [2.24, 2.45) is 0 Å². The lowest BCUT2D eigenvalue weighted by Crippen LogP contribution is -2.26. The van der Waals surface area contributed by atoms with E-state index in [0.29, 0.717) is 18.7 Å². The molecular formula is C16H21N3O2. The first kappa shape index (κ1) is 15.3. The third-order valence-electron chi connectivity index (χ3n) is 3.33. The summed E-state index contributed by atoms with van der Waals surface area (Å²) in [5.41, 5.74) is 3.19. The summed E-state index contributed by atoms with van der Waals surface area (Å²) in [6.07, 6.45) is 0.799. The first-order valence-corrected chi connectivity index (χ1v) is 7.04. The molecule has 1 heterocycles. The van der Waals surface area contributed by atoms with Crippen molar-refractivity contribution in [1.29, 1.82) is 0 Å². The van der Waals surface area contributed by atoms with Gasteiger partial charge in [-0.05, 0) is 32.4 Å². The van der Waals surface area contributed by atoms with Gasteiger partial charge in [-0.15, -0.1) is 0 Å². The number of nitrogens with one attached hydrogen (secondary N) is 1. The van der Waals surface area contributed by atoms with E-state index >= 15 is 0 Å². The van der Waals surface area contributed by atoms with E-state index in [-0.39, 0.29) is 5.91 Å². The Labute approximate surface area is 124 Å². The predicted octanol–water partition coefficient (Wildman–Crippen LogP) is 2.26. The SMILES string of the molecule is COCCCNC(=O)c1c(C)nn(-c2ccccc2)c1C. The lowest BCUT2D eigenvalue weighted by Gasteiger charge is -2.06. The van der Waals surface area contributed by atoms with Crippen LogP contribution in [-0.4, -0.2) is 35.9 Å². The number of nitrogens with zero attached hydrogens (tertiary/aromatic N) is 2. The molecule has 1 amide bonds. The van der Waals surface area contributed by atoms with Crippen LogP contribution in [0.15, 0.2) is 30.3 Å². The highest BCUT2D eigenvalue weighted by Crippen LogP contribution is 2.17. The highest BCUT2D eigenvalue weighted by Gasteiger charge is 2.18. The zero-order valence-corrected chi connectivity index (χ0v) is 12.7. The van der Waals surface area contributed by atoms with E-state index in [9.17, 15) is 4.79 Å². The van der Waals surface area contributed by atoms with Gasteiger partial charge < -0.3 is 10.1 Å². The smallest absolute Gasteiger partial charge is 0.255 e. The third kappa shape index (κ3) is 3.49. The second-order valence-corrected chi connectivity index (χ2v) is 4.90. The van der Waals surface area contributed by atoms with Gasteiger partial charge in [0.05, 0.1) is 22.6 Å².